The number of aliphatic hydroxyl groups excluding tert-OH is 1. The summed E-state index contributed by atoms with van der Waals surface area (Å²) in [7, 11) is 1.83. The Morgan fingerprint density at radius 1 is 1.47 bits per heavy atom. The number of aryl methyl sites for hydroxylation is 2. The highest BCUT2D eigenvalue weighted by atomic mass is 35.5. The van der Waals surface area contributed by atoms with Crippen molar-refractivity contribution in [2.75, 3.05) is 5.75 Å². The Hall–Kier alpha value is 0.160. The summed E-state index contributed by atoms with van der Waals surface area (Å²) in [6, 6.07) is 0. The van der Waals surface area contributed by atoms with E-state index in [-0.39, 0.29) is 11.4 Å². The van der Waals surface area contributed by atoms with Crippen LogP contribution in [0.5, 0.6) is 0 Å². The molecule has 19 heavy (non-hydrogen) atoms. The summed E-state index contributed by atoms with van der Waals surface area (Å²) in [4.78, 5) is 0. The molecule has 1 aliphatic heterocycles. The van der Waals surface area contributed by atoms with Gasteiger partial charge in [-0.05, 0) is 6.92 Å². The molecule has 1 aromatic heterocycles. The average molecular weight is 321 g/mol. The molecule has 0 radical (unpaired) electrons. The number of hydrogen-bond acceptors (Lipinski definition) is 4. The number of nitrogens with zero attached hydrogens (tertiary/aromatic N) is 2. The van der Waals surface area contributed by atoms with Crippen molar-refractivity contribution in [3.05, 3.63) is 16.4 Å². The summed E-state index contributed by atoms with van der Waals surface area (Å²) >= 11 is 10.1. The van der Waals surface area contributed by atoms with E-state index in [2.05, 4.69) is 18.9 Å². The van der Waals surface area contributed by atoms with Gasteiger partial charge in [0.05, 0.1) is 11.8 Å². The summed E-state index contributed by atoms with van der Waals surface area (Å²) in [5.41, 5.74) is 1.90. The lowest BCUT2D eigenvalue weighted by Crippen LogP contribution is -2.35. The zero-order valence-corrected chi connectivity index (χ0v) is 14.1. The van der Waals surface area contributed by atoms with Crippen molar-refractivity contribution in [1.29, 1.82) is 0 Å². The van der Waals surface area contributed by atoms with Gasteiger partial charge in [-0.1, -0.05) is 25.4 Å². The van der Waals surface area contributed by atoms with Crippen molar-refractivity contribution in [3.63, 3.8) is 0 Å². The van der Waals surface area contributed by atoms with Gasteiger partial charge in [-0.2, -0.15) is 28.6 Å². The molecule has 4 unspecified atom stereocenters. The first-order valence-corrected chi connectivity index (χ1v) is 8.90. The average Bonchev–Trinajstić information content (AvgIpc) is 2.59. The van der Waals surface area contributed by atoms with Crippen LogP contribution in [0, 0.1) is 6.92 Å². The molecule has 1 aliphatic rings. The quantitative estimate of drug-likeness (QED) is 0.929. The van der Waals surface area contributed by atoms with E-state index in [1.165, 1.54) is 0 Å². The number of hydrogen-bond donors (Lipinski definition) is 1. The lowest BCUT2D eigenvalue weighted by molar-refractivity contribution is 0.177. The fourth-order valence-corrected chi connectivity index (χ4v) is 5.52. The number of thioether (sulfide) groups is 2. The summed E-state index contributed by atoms with van der Waals surface area (Å²) in [6.45, 7) is 6.44. The minimum absolute atomic E-state index is 0.284. The fraction of sp³-hybridized carbons (Fsp3) is 0.769. The van der Waals surface area contributed by atoms with Crippen LogP contribution < -0.4 is 0 Å². The maximum absolute atomic E-state index is 10.5. The highest BCUT2D eigenvalue weighted by Gasteiger charge is 2.31. The summed E-state index contributed by atoms with van der Waals surface area (Å²) < 4.78 is 1.67. The SMILES string of the molecule is Cc1nn(C)c(Cl)c1CC(O)C1CSC(C)C(C)S1. The number of aromatic nitrogens is 2. The van der Waals surface area contributed by atoms with Crippen LogP contribution in [0.1, 0.15) is 25.1 Å². The molecular formula is C13H21ClN2OS2. The summed E-state index contributed by atoms with van der Waals surface area (Å²) in [5.74, 6) is 1.01. The first-order valence-electron chi connectivity index (χ1n) is 6.53. The van der Waals surface area contributed by atoms with E-state index in [0.29, 0.717) is 22.1 Å². The molecule has 0 spiro atoms. The van der Waals surface area contributed by atoms with Crippen molar-refractivity contribution in [1.82, 2.24) is 9.78 Å². The third kappa shape index (κ3) is 3.43. The molecule has 1 saturated heterocycles. The molecule has 1 fully saturated rings. The summed E-state index contributed by atoms with van der Waals surface area (Å²) in [6.07, 6.45) is 0.241. The topological polar surface area (TPSA) is 38.0 Å². The van der Waals surface area contributed by atoms with Gasteiger partial charge in [0.1, 0.15) is 5.15 Å². The monoisotopic (exact) mass is 320 g/mol. The molecule has 0 amide bonds. The van der Waals surface area contributed by atoms with Crippen molar-refractivity contribution in [2.45, 2.75) is 49.0 Å². The smallest absolute Gasteiger partial charge is 0.130 e. The lowest BCUT2D eigenvalue weighted by Gasteiger charge is -2.33. The maximum Gasteiger partial charge on any atom is 0.130 e. The molecule has 3 nitrogen and oxygen atoms in total. The highest BCUT2D eigenvalue weighted by Crippen LogP contribution is 2.38. The molecule has 1 N–H and O–H groups in total. The number of halogens is 1. The molecule has 1 aromatic rings. The van der Waals surface area contributed by atoms with Gasteiger partial charge in [0.15, 0.2) is 0 Å². The van der Waals surface area contributed by atoms with E-state index in [1.807, 2.05) is 37.5 Å². The van der Waals surface area contributed by atoms with E-state index in [1.54, 1.807) is 4.68 Å². The fourth-order valence-electron chi connectivity index (χ4n) is 2.26. The number of rotatable bonds is 3. The second kappa shape index (κ2) is 6.29. The van der Waals surface area contributed by atoms with Crippen LogP contribution in [0.4, 0.5) is 0 Å². The molecule has 4 atom stereocenters. The zero-order valence-electron chi connectivity index (χ0n) is 11.8. The Morgan fingerprint density at radius 2 is 2.16 bits per heavy atom. The standard InChI is InChI=1S/C13H21ClN2OS2/c1-7-10(13(14)16(4)15-7)5-11(17)12-6-18-8(2)9(3)19-12/h8-9,11-12,17H,5-6H2,1-4H3. The lowest BCUT2D eigenvalue weighted by atomic mass is 10.1. The molecule has 0 saturated carbocycles. The van der Waals surface area contributed by atoms with Crippen molar-refractivity contribution >= 4 is 35.1 Å². The second-order valence-electron chi connectivity index (χ2n) is 5.17. The van der Waals surface area contributed by atoms with Crippen LogP contribution in [-0.2, 0) is 13.5 Å². The zero-order chi connectivity index (χ0) is 14.2. The van der Waals surface area contributed by atoms with Gasteiger partial charge in [-0.15, -0.1) is 0 Å². The number of aliphatic hydroxyl groups is 1. The van der Waals surface area contributed by atoms with Gasteiger partial charge in [-0.3, -0.25) is 4.68 Å². The second-order valence-corrected chi connectivity index (χ2v) is 8.56. The molecule has 6 heteroatoms. The van der Waals surface area contributed by atoms with Crippen LogP contribution in [0.2, 0.25) is 5.15 Å². The normalized spacial score (nSPS) is 29.5. The van der Waals surface area contributed by atoms with Crippen LogP contribution in [-0.4, -0.2) is 42.5 Å². The van der Waals surface area contributed by atoms with E-state index in [0.717, 1.165) is 17.0 Å². The predicted molar refractivity (Wildman–Crippen MR) is 85.4 cm³/mol. The van der Waals surface area contributed by atoms with Gasteiger partial charge >= 0.3 is 0 Å². The van der Waals surface area contributed by atoms with Crippen LogP contribution in [0.3, 0.4) is 0 Å². The Balaban J connectivity index is 2.03. The molecular weight excluding hydrogens is 300 g/mol. The molecule has 2 heterocycles. The Bertz CT molecular complexity index is 452. The van der Waals surface area contributed by atoms with Crippen molar-refractivity contribution in [2.24, 2.45) is 7.05 Å². The van der Waals surface area contributed by atoms with Gasteiger partial charge in [-0.25, -0.2) is 0 Å². The van der Waals surface area contributed by atoms with E-state index in [4.69, 9.17) is 11.6 Å². The van der Waals surface area contributed by atoms with Crippen LogP contribution >= 0.6 is 35.1 Å². The molecule has 108 valence electrons. The van der Waals surface area contributed by atoms with Gasteiger partial charge < -0.3 is 5.11 Å². The minimum atomic E-state index is -0.354. The van der Waals surface area contributed by atoms with Gasteiger partial charge in [0.2, 0.25) is 0 Å². The maximum atomic E-state index is 10.5. The first kappa shape index (κ1) is 15.5. The van der Waals surface area contributed by atoms with Crippen molar-refractivity contribution in [3.8, 4) is 0 Å². The van der Waals surface area contributed by atoms with Gasteiger partial charge in [0.25, 0.3) is 0 Å². The molecule has 0 bridgehead atoms. The largest absolute Gasteiger partial charge is 0.392 e. The molecule has 0 aliphatic carbocycles. The van der Waals surface area contributed by atoms with E-state index >= 15 is 0 Å². The Kier molecular flexibility index (Phi) is 5.15. The van der Waals surface area contributed by atoms with Crippen LogP contribution in [0.15, 0.2) is 0 Å². The van der Waals surface area contributed by atoms with Crippen LogP contribution in [0.25, 0.3) is 0 Å². The van der Waals surface area contributed by atoms with E-state index < -0.39 is 0 Å². The van der Waals surface area contributed by atoms with E-state index in [9.17, 15) is 5.11 Å². The Labute approximate surface area is 128 Å². The minimum Gasteiger partial charge on any atom is -0.392 e. The molecule has 0 aromatic carbocycles. The first-order chi connectivity index (χ1) is 8.90. The third-order valence-corrected chi connectivity index (χ3v) is 7.70. The Morgan fingerprint density at radius 3 is 2.68 bits per heavy atom. The highest BCUT2D eigenvalue weighted by molar-refractivity contribution is 8.07. The summed E-state index contributed by atoms with van der Waals surface area (Å²) in [5, 5.41) is 16.9. The predicted octanol–water partition coefficient (Wildman–Crippen LogP) is 2.91. The third-order valence-electron chi connectivity index (χ3n) is 3.69. The van der Waals surface area contributed by atoms with Gasteiger partial charge in [0, 0.05) is 40.5 Å². The van der Waals surface area contributed by atoms with Crippen molar-refractivity contribution < 1.29 is 5.11 Å². The molecule has 2 rings (SSSR count).